The van der Waals surface area contributed by atoms with E-state index in [1.165, 1.54) is 24.3 Å². The molecule has 3 saturated carbocycles. The SMILES string of the molecule is Cn1cc(C2(c3ccncc3)OC(c3ccco3)(C3CC3)C(C3CCCC3)(C3CCC3)N(C3CCN(c4ccc(F)c(F)c4)C(c4ccccc4)(c4cccc(F)c4F)C3)C2(c2cccnc2)c2cc(F)cc(F)c2)cn1. The topological polar surface area (TPSA) is 72.5 Å². The van der Waals surface area contributed by atoms with Crippen LogP contribution in [0.3, 0.4) is 0 Å². The summed E-state index contributed by atoms with van der Waals surface area (Å²) in [6.07, 6.45) is 20.0. The van der Waals surface area contributed by atoms with Gasteiger partial charge in [-0.15, -0.1) is 0 Å². The fraction of sp³-hybridized carbons (Fsp3) is 0.349. The lowest BCUT2D eigenvalue weighted by molar-refractivity contribution is -0.374. The van der Waals surface area contributed by atoms with Gasteiger partial charge in [0, 0.05) is 79.6 Å². The quantitative estimate of drug-likeness (QED) is 0.113. The first-order valence-electron chi connectivity index (χ1n) is 27.0. The number of furan rings is 1. The molecule has 77 heavy (non-hydrogen) atoms. The normalized spacial score (nSPS) is 28.2. The third kappa shape index (κ3) is 7.15. The number of benzene rings is 4. The van der Waals surface area contributed by atoms with Crippen molar-refractivity contribution in [2.45, 2.75) is 104 Å². The number of pyridine rings is 2. The van der Waals surface area contributed by atoms with Crippen molar-refractivity contribution in [3.05, 3.63) is 239 Å². The van der Waals surface area contributed by atoms with Crippen molar-refractivity contribution in [3.8, 4) is 0 Å². The highest BCUT2D eigenvalue weighted by Crippen LogP contribution is 2.76. The van der Waals surface area contributed by atoms with Crippen molar-refractivity contribution in [2.24, 2.45) is 24.8 Å². The zero-order chi connectivity index (χ0) is 52.7. The summed E-state index contributed by atoms with van der Waals surface area (Å²) in [6, 6.07) is 31.6. The van der Waals surface area contributed by atoms with E-state index in [0.29, 0.717) is 28.0 Å². The maximum absolute atomic E-state index is 17.8. The monoisotopic (exact) mass is 1040 g/mol. The molecule has 2 saturated heterocycles. The van der Waals surface area contributed by atoms with E-state index in [2.05, 4.69) is 9.88 Å². The summed E-state index contributed by atoms with van der Waals surface area (Å²) < 4.78 is 117. The Kier molecular flexibility index (Phi) is 12.1. The van der Waals surface area contributed by atoms with Gasteiger partial charge in [0.1, 0.15) is 34.1 Å². The Morgan fingerprint density at radius 2 is 1.31 bits per heavy atom. The Morgan fingerprint density at radius 1 is 0.571 bits per heavy atom. The van der Waals surface area contributed by atoms with Crippen LogP contribution in [0, 0.1) is 52.7 Å². The zero-order valence-electron chi connectivity index (χ0n) is 42.7. The van der Waals surface area contributed by atoms with E-state index in [1.54, 1.807) is 48.0 Å². The number of aryl methyl sites for hydroxylation is 1. The number of ether oxygens (including phenoxy) is 1. The third-order valence-electron chi connectivity index (χ3n) is 18.4. The summed E-state index contributed by atoms with van der Waals surface area (Å²) in [4.78, 5) is 14.0. The van der Waals surface area contributed by atoms with Gasteiger partial charge in [0.05, 0.1) is 23.5 Å². The van der Waals surface area contributed by atoms with E-state index in [-0.39, 0.29) is 54.0 Å². The molecule has 0 radical (unpaired) electrons. The van der Waals surface area contributed by atoms with Gasteiger partial charge < -0.3 is 14.1 Å². The molecule has 2 aliphatic heterocycles. The first kappa shape index (κ1) is 49.5. The van der Waals surface area contributed by atoms with Crippen LogP contribution in [-0.4, -0.2) is 42.8 Å². The lowest BCUT2D eigenvalue weighted by atomic mass is 9.48. The van der Waals surface area contributed by atoms with Crippen LogP contribution in [0.1, 0.15) is 110 Å². The summed E-state index contributed by atoms with van der Waals surface area (Å²) in [5.74, 6) is -5.71. The highest BCUT2D eigenvalue weighted by Gasteiger charge is 2.83. The lowest BCUT2D eigenvalue weighted by Gasteiger charge is -2.77. The Morgan fingerprint density at radius 3 is 1.95 bits per heavy atom. The maximum atomic E-state index is 17.8. The van der Waals surface area contributed by atoms with Crippen LogP contribution in [0.5, 0.6) is 0 Å². The standard InChI is InChI=1S/C63H58F6N6O2/c1-73-40-48(39-72-73)62(45-25-29-70-30-26-45)61(46-17-9-28-71-38-46,47-33-49(64)35-50(65)34-47)75(60(43-15-7-16-43,42-13-5-6-14-42)63(77-62,44-21-22-44)57-20-10-32-76-57)52-27-31-74(51-23-24-54(66)56(68)36-51)59(37-52,41-11-3-2-4-12-41)53-18-8-19-55(67)58(53)69/h2-4,8-12,17-20,23-26,28-30,32-36,38-40,42-44,52H,5-7,13-16,21-22,27,31,37H2,1H3. The van der Waals surface area contributed by atoms with Crippen molar-refractivity contribution in [1.82, 2.24) is 24.6 Å². The predicted octanol–water partition coefficient (Wildman–Crippen LogP) is 13.8. The van der Waals surface area contributed by atoms with Crippen LogP contribution in [0.4, 0.5) is 32.0 Å². The van der Waals surface area contributed by atoms with E-state index in [1.807, 2.05) is 84.9 Å². The van der Waals surface area contributed by atoms with Crippen LogP contribution < -0.4 is 4.90 Å². The first-order valence-corrected chi connectivity index (χ1v) is 27.0. The molecule has 6 heterocycles. The molecule has 4 aromatic heterocycles. The molecule has 394 valence electrons. The number of hydrogen-bond donors (Lipinski definition) is 0. The van der Waals surface area contributed by atoms with Crippen molar-refractivity contribution in [2.75, 3.05) is 11.4 Å². The van der Waals surface area contributed by atoms with Gasteiger partial charge in [0.15, 0.2) is 23.3 Å². The largest absolute Gasteiger partial charge is 0.466 e. The van der Waals surface area contributed by atoms with Crippen molar-refractivity contribution >= 4 is 5.69 Å². The minimum atomic E-state index is -1.84. The maximum Gasteiger partial charge on any atom is 0.164 e. The number of piperidine rings is 1. The highest BCUT2D eigenvalue weighted by atomic mass is 19.2. The minimum Gasteiger partial charge on any atom is -0.466 e. The molecule has 6 atom stereocenters. The summed E-state index contributed by atoms with van der Waals surface area (Å²) in [5, 5.41) is 4.89. The Labute approximate surface area is 443 Å². The Bertz CT molecular complexity index is 3410. The zero-order valence-corrected chi connectivity index (χ0v) is 42.7. The first-order chi connectivity index (χ1) is 37.5. The summed E-state index contributed by atoms with van der Waals surface area (Å²) in [5.41, 5.74) is -4.98. The molecule has 4 aromatic carbocycles. The van der Waals surface area contributed by atoms with Gasteiger partial charge >= 0.3 is 0 Å². The van der Waals surface area contributed by atoms with Crippen molar-refractivity contribution in [1.29, 1.82) is 0 Å². The van der Waals surface area contributed by atoms with Gasteiger partial charge in [-0.05, 0) is 152 Å². The molecule has 8 nitrogen and oxygen atoms in total. The minimum absolute atomic E-state index is 0.00422. The van der Waals surface area contributed by atoms with Gasteiger partial charge in [-0.3, -0.25) is 19.5 Å². The van der Waals surface area contributed by atoms with E-state index in [0.717, 1.165) is 82.1 Å². The Hall–Kier alpha value is -7.03. The fourth-order valence-electron chi connectivity index (χ4n) is 15.5. The number of aromatic nitrogens is 4. The molecule has 6 unspecified atom stereocenters. The van der Waals surface area contributed by atoms with E-state index in [9.17, 15) is 0 Å². The third-order valence-corrected chi connectivity index (χ3v) is 18.4. The number of nitrogens with zero attached hydrogens (tertiary/aromatic N) is 6. The van der Waals surface area contributed by atoms with Crippen molar-refractivity contribution < 1.29 is 35.5 Å². The number of anilines is 1. The smallest absolute Gasteiger partial charge is 0.164 e. The number of morpholine rings is 1. The molecular weight excluding hydrogens is 987 g/mol. The second kappa shape index (κ2) is 18.9. The van der Waals surface area contributed by atoms with E-state index in [4.69, 9.17) is 19.2 Å². The van der Waals surface area contributed by atoms with Gasteiger partial charge in [-0.25, -0.2) is 26.3 Å². The number of rotatable bonds is 12. The molecule has 8 aromatic rings. The van der Waals surface area contributed by atoms with Crippen LogP contribution in [0.25, 0.3) is 0 Å². The predicted molar refractivity (Wildman–Crippen MR) is 278 cm³/mol. The molecule has 0 bridgehead atoms. The second-order valence-electron chi connectivity index (χ2n) is 22.0. The Balaban J connectivity index is 1.26. The molecule has 0 N–H and O–H groups in total. The van der Waals surface area contributed by atoms with Crippen LogP contribution in [0.15, 0.2) is 169 Å². The molecule has 13 rings (SSSR count). The van der Waals surface area contributed by atoms with Crippen LogP contribution >= 0.6 is 0 Å². The molecule has 0 spiro atoms. The van der Waals surface area contributed by atoms with Gasteiger partial charge in [0.2, 0.25) is 0 Å². The summed E-state index contributed by atoms with van der Waals surface area (Å²) in [6.45, 7) is 0.0936. The molecular formula is C63H58F6N6O2. The molecule has 14 heteroatoms. The van der Waals surface area contributed by atoms with E-state index >= 15 is 26.3 Å². The molecule has 5 fully saturated rings. The second-order valence-corrected chi connectivity index (χ2v) is 22.0. The average molecular weight is 1050 g/mol. The molecule has 5 aliphatic rings. The average Bonchev–Trinajstić information content (AvgIpc) is 3.91. The van der Waals surface area contributed by atoms with Gasteiger partial charge in [-0.2, -0.15) is 5.10 Å². The van der Waals surface area contributed by atoms with Gasteiger partial charge in [0.25, 0.3) is 0 Å². The number of hydrogen-bond acceptors (Lipinski definition) is 7. The number of halogens is 6. The highest BCUT2D eigenvalue weighted by molar-refractivity contribution is 5.60. The van der Waals surface area contributed by atoms with Crippen LogP contribution in [0.2, 0.25) is 0 Å². The van der Waals surface area contributed by atoms with Crippen molar-refractivity contribution in [3.63, 3.8) is 0 Å². The lowest BCUT2D eigenvalue weighted by Crippen LogP contribution is -2.86. The molecule has 0 amide bonds. The fourth-order valence-corrected chi connectivity index (χ4v) is 15.5. The van der Waals surface area contributed by atoms with E-state index < -0.39 is 68.8 Å². The summed E-state index contributed by atoms with van der Waals surface area (Å²) in [7, 11) is 1.82. The summed E-state index contributed by atoms with van der Waals surface area (Å²) >= 11 is 0. The van der Waals surface area contributed by atoms with Crippen LogP contribution in [-0.2, 0) is 34.1 Å². The van der Waals surface area contributed by atoms with Gasteiger partial charge in [-0.1, -0.05) is 67.8 Å². The molecule has 3 aliphatic carbocycles.